The quantitative estimate of drug-likeness (QED) is 0.177. The number of ether oxygens (including phenoxy) is 1. The van der Waals surface area contributed by atoms with Crippen LogP contribution in [0.25, 0.3) is 0 Å². The van der Waals surface area contributed by atoms with Gasteiger partial charge in [0, 0.05) is 10.7 Å². The minimum atomic E-state index is -1.31. The number of imide groups is 1. The number of rotatable bonds is 5. The summed E-state index contributed by atoms with van der Waals surface area (Å²) in [5.41, 5.74) is 3.26. The number of halogens is 4. The molecular formula is C33H22Cl4N2O4. The molecule has 0 saturated carbocycles. The summed E-state index contributed by atoms with van der Waals surface area (Å²) in [5.74, 6) is -2.62. The van der Waals surface area contributed by atoms with Crippen LogP contribution in [-0.2, 0) is 24.1 Å². The highest BCUT2D eigenvalue weighted by Gasteiger charge is 2.73. The molecule has 10 heteroatoms. The predicted octanol–water partition coefficient (Wildman–Crippen LogP) is 7.71. The molecule has 3 atom stereocenters. The van der Waals surface area contributed by atoms with Crippen LogP contribution in [0.5, 0.6) is 11.5 Å². The van der Waals surface area contributed by atoms with Gasteiger partial charge in [-0.3, -0.25) is 19.3 Å². The third-order valence-electron chi connectivity index (χ3n) is 8.63. The maximum atomic E-state index is 14.1. The zero-order chi connectivity index (χ0) is 30.3. The predicted molar refractivity (Wildman–Crippen MR) is 166 cm³/mol. The van der Waals surface area contributed by atoms with Gasteiger partial charge in [0.1, 0.15) is 27.3 Å². The number of nitrogens with one attached hydrogen (secondary N) is 1. The van der Waals surface area contributed by atoms with Crippen molar-refractivity contribution < 1.29 is 19.1 Å². The van der Waals surface area contributed by atoms with E-state index in [2.05, 4.69) is 5.32 Å². The van der Waals surface area contributed by atoms with E-state index < -0.39 is 45.3 Å². The first-order valence-corrected chi connectivity index (χ1v) is 15.1. The molecule has 1 saturated heterocycles. The summed E-state index contributed by atoms with van der Waals surface area (Å²) in [5, 5.41) is 3.64. The first kappa shape index (κ1) is 28.2. The molecule has 1 fully saturated rings. The molecule has 3 aliphatic carbocycles. The Labute approximate surface area is 267 Å². The number of alkyl halides is 2. The third-order valence-corrected chi connectivity index (χ3v) is 10.4. The van der Waals surface area contributed by atoms with Crippen molar-refractivity contribution in [1.82, 2.24) is 4.90 Å². The van der Waals surface area contributed by atoms with Crippen LogP contribution in [0.1, 0.15) is 29.2 Å². The number of amides is 3. The van der Waals surface area contributed by atoms with Crippen LogP contribution >= 0.6 is 46.4 Å². The van der Waals surface area contributed by atoms with Crippen molar-refractivity contribution >= 4 is 69.8 Å². The molecule has 2 bridgehead atoms. The molecule has 43 heavy (non-hydrogen) atoms. The first-order chi connectivity index (χ1) is 20.6. The second-order valence-electron chi connectivity index (χ2n) is 10.9. The molecule has 0 unspecified atom stereocenters. The van der Waals surface area contributed by atoms with Gasteiger partial charge in [-0.25, -0.2) is 0 Å². The fraction of sp³-hybridized carbons (Fsp3) is 0.182. The number of benzene rings is 4. The van der Waals surface area contributed by atoms with Gasteiger partial charge >= 0.3 is 0 Å². The molecule has 8 rings (SSSR count). The van der Waals surface area contributed by atoms with Gasteiger partial charge in [-0.1, -0.05) is 71.7 Å². The lowest BCUT2D eigenvalue weighted by molar-refractivity contribution is -0.146. The van der Waals surface area contributed by atoms with Gasteiger partial charge < -0.3 is 10.1 Å². The number of anilines is 1. The largest absolute Gasteiger partial charge is 0.456 e. The minimum Gasteiger partial charge on any atom is -0.456 e. The molecule has 0 spiro atoms. The molecule has 3 amide bonds. The Kier molecular flexibility index (Phi) is 6.56. The maximum Gasteiger partial charge on any atom is 0.247 e. The molecule has 4 aliphatic rings. The van der Waals surface area contributed by atoms with Crippen molar-refractivity contribution in [3.8, 4) is 11.5 Å². The highest BCUT2D eigenvalue weighted by Crippen LogP contribution is 2.69. The molecule has 0 radical (unpaired) electrons. The SMILES string of the molecule is C[C@@H](C(=O)Nc1ccc(Oc2ccc(Cl)cc2Cl)cc1)N1C(=O)[C@@H]2[C@H](C1=O)C1(Cl)c3ccccc3C2(Cl)c2ccccc21. The highest BCUT2D eigenvalue weighted by atomic mass is 35.5. The standard InChI is InChI=1S/C33H22Cl4N2O4/c1-17(29(40)38-19-11-13-20(14-12-19)43-26-15-10-18(34)16-25(26)35)39-30(41)27-28(31(39)42)33(37)22-7-3-2-6-21(22)32(27,36)23-8-4-5-9-24(23)33/h2-17,27-28H,1H3,(H,38,40)/t17-,27-,28+,32?,33?/m0/s1. The number of likely N-dealkylation sites (tertiary alicyclic amines) is 1. The number of hydrogen-bond acceptors (Lipinski definition) is 4. The van der Waals surface area contributed by atoms with Gasteiger partial charge in [-0.05, 0) is 71.6 Å². The van der Waals surface area contributed by atoms with Crippen LogP contribution in [0, 0.1) is 11.8 Å². The molecule has 0 aromatic heterocycles. The average Bonchev–Trinajstić information content (AvgIpc) is 3.28. The number of hydrogen-bond donors (Lipinski definition) is 1. The second kappa shape index (κ2) is 10.00. The van der Waals surface area contributed by atoms with E-state index in [1.54, 1.807) is 42.5 Å². The van der Waals surface area contributed by atoms with E-state index in [1.807, 2.05) is 48.5 Å². The Morgan fingerprint density at radius 2 is 1.28 bits per heavy atom. The molecule has 216 valence electrons. The smallest absolute Gasteiger partial charge is 0.247 e. The second-order valence-corrected chi connectivity index (χ2v) is 12.9. The molecule has 4 aromatic carbocycles. The van der Waals surface area contributed by atoms with Gasteiger partial charge in [-0.2, -0.15) is 0 Å². The summed E-state index contributed by atoms with van der Waals surface area (Å²) in [7, 11) is 0. The third kappa shape index (κ3) is 3.97. The Morgan fingerprint density at radius 1 is 0.791 bits per heavy atom. The van der Waals surface area contributed by atoms with E-state index in [0.29, 0.717) is 49.5 Å². The summed E-state index contributed by atoms with van der Waals surface area (Å²) in [6.07, 6.45) is 0. The van der Waals surface area contributed by atoms with Crippen LogP contribution < -0.4 is 10.1 Å². The van der Waals surface area contributed by atoms with E-state index >= 15 is 0 Å². The lowest BCUT2D eigenvalue weighted by Crippen LogP contribution is -2.57. The zero-order valence-electron chi connectivity index (χ0n) is 22.5. The summed E-state index contributed by atoms with van der Waals surface area (Å²) < 4.78 is 5.81. The van der Waals surface area contributed by atoms with Gasteiger partial charge in [0.25, 0.3) is 0 Å². The number of carbonyl (C=O) groups is 3. The van der Waals surface area contributed by atoms with E-state index in [4.69, 9.17) is 51.1 Å². The molecule has 1 heterocycles. The number of carbonyl (C=O) groups excluding carboxylic acids is 3. The fourth-order valence-corrected chi connectivity index (χ4v) is 8.27. The Hall–Kier alpha value is -3.55. The lowest BCUT2D eigenvalue weighted by atomic mass is 9.54. The Bertz CT molecular complexity index is 1720. The highest BCUT2D eigenvalue weighted by molar-refractivity contribution is 6.36. The van der Waals surface area contributed by atoms with Crippen LogP contribution in [0.3, 0.4) is 0 Å². The van der Waals surface area contributed by atoms with E-state index in [1.165, 1.54) is 6.92 Å². The molecule has 1 aliphatic heterocycles. The van der Waals surface area contributed by atoms with Crippen molar-refractivity contribution in [2.75, 3.05) is 5.32 Å². The van der Waals surface area contributed by atoms with Crippen LogP contribution in [0.2, 0.25) is 10.0 Å². The average molecular weight is 652 g/mol. The summed E-state index contributed by atoms with van der Waals surface area (Å²) in [4.78, 5) is 40.1. The zero-order valence-corrected chi connectivity index (χ0v) is 25.5. The molecule has 4 aromatic rings. The van der Waals surface area contributed by atoms with Gasteiger partial charge in [0.05, 0.1) is 16.9 Å². The summed E-state index contributed by atoms with van der Waals surface area (Å²) >= 11 is 27.1. The minimum absolute atomic E-state index is 0.358. The van der Waals surface area contributed by atoms with Crippen molar-refractivity contribution in [2.24, 2.45) is 11.8 Å². The van der Waals surface area contributed by atoms with Gasteiger partial charge in [0.15, 0.2) is 0 Å². The van der Waals surface area contributed by atoms with Crippen molar-refractivity contribution in [3.05, 3.63) is 123 Å². The van der Waals surface area contributed by atoms with Crippen LogP contribution in [-0.4, -0.2) is 28.7 Å². The first-order valence-electron chi connectivity index (χ1n) is 13.6. The Balaban J connectivity index is 1.16. The van der Waals surface area contributed by atoms with Crippen molar-refractivity contribution in [3.63, 3.8) is 0 Å². The fourth-order valence-electron chi connectivity index (χ4n) is 6.73. The summed E-state index contributed by atoms with van der Waals surface area (Å²) in [6, 6.07) is 25.2. The van der Waals surface area contributed by atoms with E-state index in [-0.39, 0.29) is 0 Å². The normalized spacial score (nSPS) is 25.6. The Morgan fingerprint density at radius 3 is 1.74 bits per heavy atom. The maximum absolute atomic E-state index is 14.1. The van der Waals surface area contributed by atoms with Crippen molar-refractivity contribution in [1.29, 1.82) is 0 Å². The van der Waals surface area contributed by atoms with E-state index in [9.17, 15) is 14.4 Å². The summed E-state index contributed by atoms with van der Waals surface area (Å²) in [6.45, 7) is 1.52. The topological polar surface area (TPSA) is 75.7 Å². The van der Waals surface area contributed by atoms with Gasteiger partial charge in [-0.15, -0.1) is 23.2 Å². The van der Waals surface area contributed by atoms with E-state index in [0.717, 1.165) is 4.90 Å². The van der Waals surface area contributed by atoms with Crippen molar-refractivity contribution in [2.45, 2.75) is 22.7 Å². The lowest BCUT2D eigenvalue weighted by Gasteiger charge is -2.54. The van der Waals surface area contributed by atoms with Crippen LogP contribution in [0.15, 0.2) is 91.0 Å². The molecule has 1 N–H and O–H groups in total. The molecular weight excluding hydrogens is 630 g/mol. The molecule has 6 nitrogen and oxygen atoms in total. The monoisotopic (exact) mass is 650 g/mol. The van der Waals surface area contributed by atoms with Crippen LogP contribution in [0.4, 0.5) is 5.69 Å². The van der Waals surface area contributed by atoms with Gasteiger partial charge in [0.2, 0.25) is 17.7 Å². The number of nitrogens with zero attached hydrogens (tertiary/aromatic N) is 1.